The molecule has 2 N–H and O–H groups in total. The minimum atomic E-state index is -0.118. The van der Waals surface area contributed by atoms with E-state index in [1.54, 1.807) is 31.1 Å². The van der Waals surface area contributed by atoms with Gasteiger partial charge in [0.05, 0.1) is 44.7 Å². The first-order chi connectivity index (χ1) is 60.2. The second-order valence-electron chi connectivity index (χ2n) is 43.5. The van der Waals surface area contributed by atoms with E-state index in [0.717, 1.165) is 106 Å². The van der Waals surface area contributed by atoms with Crippen LogP contribution in [0.25, 0.3) is 65.5 Å². The van der Waals surface area contributed by atoms with E-state index in [-0.39, 0.29) is 65.0 Å². The number of para-hydroxylation sites is 5. The number of rotatable bonds is 0. The van der Waals surface area contributed by atoms with Crippen molar-refractivity contribution in [1.29, 1.82) is 0 Å². The van der Waals surface area contributed by atoms with Gasteiger partial charge in [0.2, 0.25) is 0 Å². The maximum absolute atomic E-state index is 12.3. The fourth-order valence-corrected chi connectivity index (χ4v) is 13.2. The van der Waals surface area contributed by atoms with E-state index in [4.69, 9.17) is 16.0 Å². The van der Waals surface area contributed by atoms with Gasteiger partial charge in [0.15, 0.2) is 16.7 Å². The number of aromatic amines is 2. The Bertz CT molecular complexity index is 6300. The third-order valence-corrected chi connectivity index (χ3v) is 21.6. The molecule has 130 heavy (non-hydrogen) atoms. The molecular formula is C114H145ClN12O3. The number of nitrogens with zero attached hydrogens (tertiary/aromatic N) is 10. The van der Waals surface area contributed by atoms with Crippen LogP contribution in [0.2, 0.25) is 5.15 Å². The van der Waals surface area contributed by atoms with E-state index in [0.29, 0.717) is 5.15 Å². The van der Waals surface area contributed by atoms with E-state index in [1.165, 1.54) is 38.6 Å². The summed E-state index contributed by atoms with van der Waals surface area (Å²) in [5.74, 6) is 0.741. The van der Waals surface area contributed by atoms with Crippen molar-refractivity contribution in [2.24, 2.45) is 0 Å². The first-order valence-corrected chi connectivity index (χ1v) is 45.3. The molecule has 0 amide bonds. The molecule has 0 unspecified atom stereocenters. The van der Waals surface area contributed by atoms with Crippen LogP contribution in [0.15, 0.2) is 264 Å². The molecule has 0 aliphatic heterocycles. The number of aromatic nitrogens is 12. The van der Waals surface area contributed by atoms with E-state index < -0.39 is 0 Å². The maximum atomic E-state index is 12.3. The molecule has 16 rings (SSSR count). The van der Waals surface area contributed by atoms with Gasteiger partial charge in [0, 0.05) is 146 Å². The Hall–Kier alpha value is -11.8. The predicted octanol–water partition coefficient (Wildman–Crippen LogP) is 29.6. The third-order valence-electron chi connectivity index (χ3n) is 21.3. The topological polar surface area (TPSA) is 208 Å². The Morgan fingerprint density at radius 1 is 0.292 bits per heavy atom. The number of pyridine rings is 7. The molecule has 16 aromatic rings. The molecule has 10 aromatic heterocycles. The van der Waals surface area contributed by atoms with Gasteiger partial charge in [0.25, 0.3) is 0 Å². The van der Waals surface area contributed by atoms with Crippen LogP contribution in [0, 0.1) is 27.7 Å². The number of oxazole rings is 1. The van der Waals surface area contributed by atoms with Gasteiger partial charge >= 0.3 is 0 Å². The van der Waals surface area contributed by atoms with Crippen molar-refractivity contribution in [3.05, 3.63) is 355 Å². The standard InChI is InChI=1S/C14H17NO.C14H17N.C13H14ClN.C13H15NO.C13H15N.C12H14N2.C10H15N.C9H13N.C8H12N2.C8H13NO/c1-9-5-6-10-12(7-9)15-8-11(13(10)16)14(2,3)4;1-10-5-6-11-8-12(14(2,3)4)9-15-13(11)7-10;1-13(2,3)10-8-9-6-4-5-7-11(9)15-12(10)14;1-13(2,3)10-8-14-11-7-5-4-6-9(11)12(10)15;1-13(2,3)11-8-10-6-4-5-7-12(10)14-9-11;1-12(2,3)11-8-13-9-6-4-5-7-10(9)14-11;1-8-5-6-9(7-11-8)10(2,3)4;1-9(2,3)8-5-4-6-10-7-8;1-8(2,3)7-6-9-4-5-10-7;1-6-9-7(5-10-6)8(2,3)4/h5-8H,1-4H3,(H,15,16);5-9H,1-4H3;4-8H,1-3H3;4-8H,1-3H3,(H,14,15);4-9H,1-3H3;4-8H,1-3H3;5-7H,1-4H3;4-7H,1-3H3;4-6H,1-3H3;5H,1-4H3. The van der Waals surface area contributed by atoms with Gasteiger partial charge in [-0.2, -0.15) is 0 Å². The lowest BCUT2D eigenvalue weighted by molar-refractivity contribution is 0.514. The zero-order chi connectivity index (χ0) is 96.9. The van der Waals surface area contributed by atoms with Crippen LogP contribution in [0.5, 0.6) is 0 Å². The second-order valence-corrected chi connectivity index (χ2v) is 43.9. The van der Waals surface area contributed by atoms with Crippen molar-refractivity contribution in [1.82, 2.24) is 59.8 Å². The van der Waals surface area contributed by atoms with Gasteiger partial charge in [-0.15, -0.1) is 0 Å². The third kappa shape index (κ3) is 32.4. The molecular weight excluding hydrogens is 1620 g/mol. The summed E-state index contributed by atoms with van der Waals surface area (Å²) < 4.78 is 5.08. The highest BCUT2D eigenvalue weighted by Crippen LogP contribution is 2.33. The normalized spacial score (nSPS) is 11.9. The van der Waals surface area contributed by atoms with Crippen LogP contribution in [0.3, 0.4) is 0 Å². The van der Waals surface area contributed by atoms with E-state index in [2.05, 4.69) is 326 Å². The molecule has 0 bridgehead atoms. The van der Waals surface area contributed by atoms with Crippen molar-refractivity contribution in [2.45, 2.75) is 290 Å². The average molecular weight is 1770 g/mol. The van der Waals surface area contributed by atoms with Gasteiger partial charge in [-0.1, -0.05) is 310 Å². The largest absolute Gasteiger partial charge is 0.449 e. The Morgan fingerprint density at radius 3 is 1.21 bits per heavy atom. The fourth-order valence-electron chi connectivity index (χ4n) is 12.8. The summed E-state index contributed by atoms with van der Waals surface area (Å²) in [6, 6.07) is 59.0. The maximum Gasteiger partial charge on any atom is 0.193 e. The van der Waals surface area contributed by atoms with E-state index in [9.17, 15) is 9.59 Å². The lowest BCUT2D eigenvalue weighted by Gasteiger charge is -2.20. The van der Waals surface area contributed by atoms with Gasteiger partial charge in [0.1, 0.15) is 11.4 Å². The fraction of sp³-hybridized carbons (Fsp3) is 0.386. The number of nitrogens with one attached hydrogen (secondary N) is 2. The number of aryl methyl sites for hydroxylation is 4. The number of hydrogen-bond acceptors (Lipinski definition) is 13. The molecule has 15 nitrogen and oxygen atoms in total. The molecule has 0 aliphatic rings. The van der Waals surface area contributed by atoms with Crippen LogP contribution in [0.1, 0.15) is 286 Å². The van der Waals surface area contributed by atoms with Crippen molar-refractivity contribution in [2.75, 3.05) is 0 Å². The molecule has 0 spiro atoms. The molecule has 0 saturated heterocycles. The molecule has 16 heteroatoms. The highest BCUT2D eigenvalue weighted by molar-refractivity contribution is 6.30. The van der Waals surface area contributed by atoms with E-state index in [1.807, 2.05) is 188 Å². The summed E-state index contributed by atoms with van der Waals surface area (Å²) in [7, 11) is 0. The first-order valence-electron chi connectivity index (χ1n) is 45.0. The zero-order valence-corrected chi connectivity index (χ0v) is 85.0. The molecule has 0 fully saturated rings. The summed E-state index contributed by atoms with van der Waals surface area (Å²) in [6.07, 6.45) is 22.1. The summed E-state index contributed by atoms with van der Waals surface area (Å²) in [6.45, 7) is 72.3. The first kappa shape index (κ1) is 105. The van der Waals surface area contributed by atoms with Crippen molar-refractivity contribution >= 4 is 77.1 Å². The highest BCUT2D eigenvalue weighted by atomic mass is 35.5. The molecule has 0 radical (unpaired) electrons. The molecule has 6 aromatic carbocycles. The Morgan fingerprint density at radius 2 is 0.738 bits per heavy atom. The quantitative estimate of drug-likeness (QED) is 0.136. The van der Waals surface area contributed by atoms with Gasteiger partial charge in [-0.05, 0) is 183 Å². The summed E-state index contributed by atoms with van der Waals surface area (Å²) in [5, 5.41) is 5.75. The number of benzene rings is 6. The molecule has 0 aliphatic carbocycles. The number of H-pyrrole nitrogens is 2. The number of fused-ring (bicyclic) bond motifs is 6. The summed E-state index contributed by atoms with van der Waals surface area (Å²) in [4.78, 5) is 73.8. The van der Waals surface area contributed by atoms with E-state index >= 15 is 0 Å². The van der Waals surface area contributed by atoms with Gasteiger partial charge < -0.3 is 14.4 Å². The van der Waals surface area contributed by atoms with Crippen molar-refractivity contribution < 1.29 is 4.42 Å². The highest BCUT2D eigenvalue weighted by Gasteiger charge is 2.25. The minimum Gasteiger partial charge on any atom is -0.449 e. The van der Waals surface area contributed by atoms with Crippen LogP contribution in [-0.4, -0.2) is 59.8 Å². The SMILES string of the molecule is CC(C)(C)c1c[nH]c2ccccc2c1=O.CC(C)(C)c1cc2ccccc2nc1Cl.CC(C)(C)c1cccnc1.CC(C)(C)c1cnc2ccccc2c1.CC(C)(C)c1cnc2ccccc2n1.CC(C)(C)c1cnccn1.Cc1ccc(C(C)(C)C)cn1.Cc1ccc2c(=O)c(C(C)(C)C)c[nH]c2c1.Cc1ccc2cc(C(C)(C)C)cnc2c1.Cc1nc(C(C)(C)C)co1. The smallest absolute Gasteiger partial charge is 0.193 e. The summed E-state index contributed by atoms with van der Waals surface area (Å²) >= 11 is 6.18. The lowest BCUT2D eigenvalue weighted by Crippen LogP contribution is -2.23. The van der Waals surface area contributed by atoms with Crippen LogP contribution < -0.4 is 10.9 Å². The van der Waals surface area contributed by atoms with Crippen molar-refractivity contribution in [3.8, 4) is 0 Å². The Kier molecular flexibility index (Phi) is 35.8. The van der Waals surface area contributed by atoms with Gasteiger partial charge in [-0.25, -0.2) is 15.0 Å². The number of hydrogen-bond donors (Lipinski definition) is 2. The van der Waals surface area contributed by atoms with Crippen molar-refractivity contribution in [3.63, 3.8) is 0 Å². The van der Waals surface area contributed by atoms with Crippen LogP contribution in [-0.2, 0) is 54.1 Å². The lowest BCUT2D eigenvalue weighted by atomic mass is 9.87. The molecule has 10 heterocycles. The Balaban J connectivity index is 0.000000198. The summed E-state index contributed by atoms with van der Waals surface area (Å²) in [5.41, 5.74) is 22.6. The monoisotopic (exact) mass is 1770 g/mol. The zero-order valence-electron chi connectivity index (χ0n) is 84.2. The minimum absolute atomic E-state index is 0.0358. The van der Waals surface area contributed by atoms with Crippen LogP contribution >= 0.6 is 11.6 Å². The average Bonchev–Trinajstić information content (AvgIpc) is 1.67. The predicted molar refractivity (Wildman–Crippen MR) is 552 cm³/mol. The number of halogens is 1. The van der Waals surface area contributed by atoms with Crippen LogP contribution in [0.4, 0.5) is 0 Å². The molecule has 0 saturated carbocycles. The molecule has 0 atom stereocenters. The van der Waals surface area contributed by atoms with Gasteiger partial charge in [-0.3, -0.25) is 44.5 Å². The second kappa shape index (κ2) is 44.2. The Labute approximate surface area is 780 Å². The molecule has 686 valence electrons.